The number of aromatic nitrogens is 2. The molecule has 3 rings (SSSR count). The first kappa shape index (κ1) is 13.7. The van der Waals surface area contributed by atoms with Gasteiger partial charge >= 0.3 is 16.9 Å². The summed E-state index contributed by atoms with van der Waals surface area (Å²) in [6.07, 6.45) is 0. The highest BCUT2D eigenvalue weighted by atomic mass is 19.2. The number of rotatable bonds is 1. The molecule has 0 amide bonds. The van der Waals surface area contributed by atoms with Crippen molar-refractivity contribution in [3.8, 4) is 17.3 Å². The molecular weight excluding hydrogens is 292 g/mol. The summed E-state index contributed by atoms with van der Waals surface area (Å²) in [6.45, 7) is 0. The Hall–Kier alpha value is -3.27. The molecule has 108 valence electrons. The van der Waals surface area contributed by atoms with Gasteiger partial charge in [-0.15, -0.1) is 9.46 Å². The highest BCUT2D eigenvalue weighted by Gasteiger charge is 2.32. The molecule has 0 N–H and O–H groups in total. The number of nitriles is 1. The van der Waals surface area contributed by atoms with Crippen LogP contribution in [0.4, 0.5) is 8.78 Å². The molecule has 0 radical (unpaired) electrons. The van der Waals surface area contributed by atoms with Crippen molar-refractivity contribution in [1.29, 1.82) is 5.26 Å². The maximum Gasteiger partial charge on any atom is 0.369 e. The second-order valence-corrected chi connectivity index (χ2v) is 4.49. The third-order valence-corrected chi connectivity index (χ3v) is 3.25. The monoisotopic (exact) mass is 299 g/mol. The number of hydrogen-bond acceptors (Lipinski definition) is 3. The number of halogens is 2. The van der Waals surface area contributed by atoms with E-state index in [0.29, 0.717) is 0 Å². The molecule has 0 fully saturated rings. The summed E-state index contributed by atoms with van der Waals surface area (Å²) < 4.78 is 27.5. The number of nitrogens with zero attached hydrogens (tertiary/aromatic N) is 3. The van der Waals surface area contributed by atoms with E-state index in [1.807, 2.05) is 0 Å². The van der Waals surface area contributed by atoms with E-state index < -0.39 is 28.4 Å². The Morgan fingerprint density at radius 3 is 2.27 bits per heavy atom. The van der Waals surface area contributed by atoms with Crippen molar-refractivity contribution in [2.45, 2.75) is 0 Å². The van der Waals surface area contributed by atoms with Crippen LogP contribution in [0.25, 0.3) is 22.3 Å². The topological polar surface area (TPSA) is 77.7 Å². The Labute approximate surface area is 123 Å². The lowest BCUT2D eigenvalue weighted by atomic mass is 10.1. The highest BCUT2D eigenvalue weighted by Crippen LogP contribution is 2.22. The van der Waals surface area contributed by atoms with Crippen LogP contribution in [0.15, 0.2) is 42.5 Å². The summed E-state index contributed by atoms with van der Waals surface area (Å²) in [5.74, 6) is -2.68. The summed E-state index contributed by atoms with van der Waals surface area (Å²) >= 11 is 0. The molecule has 0 saturated carbocycles. The van der Waals surface area contributed by atoms with E-state index in [0.717, 1.165) is 12.1 Å². The maximum atomic E-state index is 13.9. The Balaban J connectivity index is 2.55. The molecule has 0 aliphatic heterocycles. The average Bonchev–Trinajstić information content (AvgIpc) is 2.54. The molecule has 3 aromatic rings. The molecule has 0 spiro atoms. The van der Waals surface area contributed by atoms with Gasteiger partial charge in [-0.05, 0) is 18.2 Å². The summed E-state index contributed by atoms with van der Waals surface area (Å²) in [5, 5.41) is 33.8. The fourth-order valence-corrected chi connectivity index (χ4v) is 2.26. The van der Waals surface area contributed by atoms with Crippen molar-refractivity contribution in [3.63, 3.8) is 0 Å². The van der Waals surface area contributed by atoms with Crippen LogP contribution in [0, 0.1) is 33.4 Å². The molecule has 2 aromatic carbocycles. The Morgan fingerprint density at radius 1 is 0.955 bits per heavy atom. The zero-order chi connectivity index (χ0) is 15.9. The van der Waals surface area contributed by atoms with Crippen LogP contribution >= 0.6 is 0 Å². The molecule has 0 aliphatic rings. The van der Waals surface area contributed by atoms with E-state index in [1.165, 1.54) is 12.1 Å². The van der Waals surface area contributed by atoms with E-state index in [-0.39, 0.29) is 20.7 Å². The molecule has 1 aromatic heterocycles. The van der Waals surface area contributed by atoms with Gasteiger partial charge < -0.3 is 10.4 Å². The van der Waals surface area contributed by atoms with Crippen LogP contribution in [-0.4, -0.2) is 0 Å². The maximum absolute atomic E-state index is 13.9. The normalized spacial score (nSPS) is 10.6. The van der Waals surface area contributed by atoms with E-state index >= 15 is 0 Å². The Bertz CT molecular complexity index is 937. The number of benzene rings is 2. The predicted octanol–water partition coefficient (Wildman–Crippen LogP) is 1.92. The van der Waals surface area contributed by atoms with Crippen molar-refractivity contribution in [2.24, 2.45) is 0 Å². The summed E-state index contributed by atoms with van der Waals surface area (Å²) in [7, 11) is 0. The van der Waals surface area contributed by atoms with Crippen molar-refractivity contribution < 1.29 is 18.2 Å². The minimum atomic E-state index is -1.43. The van der Waals surface area contributed by atoms with Gasteiger partial charge in [0.1, 0.15) is 0 Å². The van der Waals surface area contributed by atoms with Gasteiger partial charge in [-0.2, -0.15) is 9.65 Å². The van der Waals surface area contributed by atoms with E-state index in [4.69, 9.17) is 0 Å². The van der Waals surface area contributed by atoms with Gasteiger partial charge in [-0.3, -0.25) is 0 Å². The van der Waals surface area contributed by atoms with Crippen molar-refractivity contribution in [2.75, 3.05) is 0 Å². The lowest BCUT2D eigenvalue weighted by molar-refractivity contribution is -0.623. The fourth-order valence-electron chi connectivity index (χ4n) is 2.26. The van der Waals surface area contributed by atoms with Gasteiger partial charge in [0, 0.05) is 6.07 Å². The van der Waals surface area contributed by atoms with Gasteiger partial charge in [0.05, 0.1) is 5.56 Å². The van der Waals surface area contributed by atoms with Crippen LogP contribution in [0.2, 0.25) is 0 Å². The van der Waals surface area contributed by atoms with Crippen LogP contribution < -0.4 is 9.46 Å². The van der Waals surface area contributed by atoms with Crippen LogP contribution in [-0.2, 0) is 0 Å². The molecule has 0 bridgehead atoms. The SMILES string of the molecule is N#Cc1c(-c2ccccc2)[n+]([O-])c2c(F)c(F)ccc2[n+]1[O-]. The second-order valence-electron chi connectivity index (χ2n) is 4.49. The standard InChI is InChI=1S/C15H7F2N3O2/c16-10-6-7-11-15(13(10)17)20(22)14(12(8-18)19(11)21)9-4-2-1-3-5-9/h1-7H. The minimum absolute atomic E-state index is 0.0794. The summed E-state index contributed by atoms with van der Waals surface area (Å²) in [4.78, 5) is 0. The van der Waals surface area contributed by atoms with Gasteiger partial charge in [-0.25, -0.2) is 4.39 Å². The largest absolute Gasteiger partial charge is 0.617 e. The lowest BCUT2D eigenvalue weighted by Crippen LogP contribution is -2.44. The van der Waals surface area contributed by atoms with E-state index in [9.17, 15) is 24.5 Å². The molecule has 22 heavy (non-hydrogen) atoms. The van der Waals surface area contributed by atoms with E-state index in [1.54, 1.807) is 24.3 Å². The minimum Gasteiger partial charge on any atom is -0.617 e. The number of hydrogen-bond donors (Lipinski definition) is 0. The molecule has 7 heteroatoms. The van der Waals surface area contributed by atoms with Crippen LogP contribution in [0.5, 0.6) is 0 Å². The van der Waals surface area contributed by atoms with Gasteiger partial charge in [0.2, 0.25) is 5.82 Å². The van der Waals surface area contributed by atoms with Crippen LogP contribution in [0.3, 0.4) is 0 Å². The molecule has 0 atom stereocenters. The van der Waals surface area contributed by atoms with E-state index in [2.05, 4.69) is 0 Å². The second kappa shape index (κ2) is 4.93. The summed E-state index contributed by atoms with van der Waals surface area (Å²) in [5.41, 5.74) is -1.71. The quantitative estimate of drug-likeness (QED) is 0.509. The van der Waals surface area contributed by atoms with Crippen molar-refractivity contribution >= 4 is 11.0 Å². The molecule has 0 saturated heterocycles. The first-order valence-corrected chi connectivity index (χ1v) is 6.18. The molecular formula is C15H7F2N3O2. The van der Waals surface area contributed by atoms with Crippen molar-refractivity contribution in [1.82, 2.24) is 0 Å². The highest BCUT2D eigenvalue weighted by molar-refractivity contribution is 5.72. The third-order valence-electron chi connectivity index (χ3n) is 3.25. The zero-order valence-corrected chi connectivity index (χ0v) is 11.0. The van der Waals surface area contributed by atoms with Gasteiger partial charge in [0.15, 0.2) is 11.9 Å². The third kappa shape index (κ3) is 1.82. The Kier molecular flexibility index (Phi) is 3.07. The average molecular weight is 299 g/mol. The molecule has 0 unspecified atom stereocenters. The first-order valence-electron chi connectivity index (χ1n) is 6.18. The first-order chi connectivity index (χ1) is 10.6. The van der Waals surface area contributed by atoms with Gasteiger partial charge in [0.25, 0.3) is 5.52 Å². The molecule has 1 heterocycles. The molecule has 0 aliphatic carbocycles. The lowest BCUT2D eigenvalue weighted by Gasteiger charge is -2.10. The summed E-state index contributed by atoms with van der Waals surface area (Å²) in [6, 6.07) is 11.2. The smallest absolute Gasteiger partial charge is 0.369 e. The predicted molar refractivity (Wildman–Crippen MR) is 71.9 cm³/mol. The van der Waals surface area contributed by atoms with Gasteiger partial charge in [-0.1, -0.05) is 18.2 Å². The van der Waals surface area contributed by atoms with Crippen molar-refractivity contribution in [3.05, 3.63) is 70.2 Å². The number of fused-ring (bicyclic) bond motifs is 1. The van der Waals surface area contributed by atoms with Crippen LogP contribution in [0.1, 0.15) is 5.69 Å². The fraction of sp³-hybridized carbons (Fsp3) is 0. The molecule has 5 nitrogen and oxygen atoms in total. The Morgan fingerprint density at radius 2 is 1.64 bits per heavy atom. The zero-order valence-electron chi connectivity index (χ0n) is 11.0.